The first-order valence-electron chi connectivity index (χ1n) is 6.56. The highest BCUT2D eigenvalue weighted by atomic mass is 16.2. The zero-order chi connectivity index (χ0) is 14.7. The Morgan fingerprint density at radius 2 is 1.90 bits per heavy atom. The van der Waals surface area contributed by atoms with Gasteiger partial charge < -0.3 is 11.1 Å². The van der Waals surface area contributed by atoms with E-state index in [0.29, 0.717) is 0 Å². The number of nitrogens with zero attached hydrogens (tertiary/aromatic N) is 1. The van der Waals surface area contributed by atoms with Crippen LogP contribution >= 0.6 is 0 Å². The van der Waals surface area contributed by atoms with E-state index in [4.69, 9.17) is 5.73 Å². The number of hydrogen-bond donors (Lipinski definition) is 3. The second kappa shape index (κ2) is 5.64. The molecule has 6 nitrogen and oxygen atoms in total. The number of aromatic amines is 1. The number of hydrogen-bond acceptors (Lipinski definition) is 3. The van der Waals surface area contributed by atoms with Crippen molar-refractivity contribution in [2.45, 2.75) is 26.7 Å². The minimum atomic E-state index is -0.540. The summed E-state index contributed by atoms with van der Waals surface area (Å²) >= 11 is 0. The van der Waals surface area contributed by atoms with Gasteiger partial charge in [0.2, 0.25) is 0 Å². The van der Waals surface area contributed by atoms with Gasteiger partial charge >= 0.3 is 6.03 Å². The number of benzene rings is 1. The van der Waals surface area contributed by atoms with Crippen molar-refractivity contribution in [3.8, 4) is 0 Å². The van der Waals surface area contributed by atoms with Gasteiger partial charge in [-0.3, -0.25) is 9.89 Å². The minimum Gasteiger partial charge on any atom is -0.384 e. The molecule has 0 aliphatic carbocycles. The predicted molar refractivity (Wildman–Crippen MR) is 79.1 cm³/mol. The van der Waals surface area contributed by atoms with Gasteiger partial charge in [-0.25, -0.2) is 4.79 Å². The fourth-order valence-corrected chi connectivity index (χ4v) is 2.13. The molecule has 0 bridgehead atoms. The van der Waals surface area contributed by atoms with Crippen LogP contribution in [-0.2, 0) is 12.8 Å². The van der Waals surface area contributed by atoms with Gasteiger partial charge in [-0.2, -0.15) is 4.68 Å². The van der Waals surface area contributed by atoms with Crippen LogP contribution in [0.2, 0.25) is 0 Å². The normalized spacial score (nSPS) is 10.5. The Balaban J connectivity index is 2.37. The average molecular weight is 274 g/mol. The number of para-hydroxylation sites is 1. The summed E-state index contributed by atoms with van der Waals surface area (Å²) in [5, 5.41) is 5.30. The summed E-state index contributed by atoms with van der Waals surface area (Å²) in [7, 11) is 0. The van der Waals surface area contributed by atoms with Crippen LogP contribution in [0, 0.1) is 0 Å². The molecular formula is C14H18N4O2. The molecule has 1 amide bonds. The Bertz CT molecular complexity index is 662. The molecule has 1 aromatic carbocycles. The highest BCUT2D eigenvalue weighted by Crippen LogP contribution is 2.22. The van der Waals surface area contributed by atoms with E-state index in [-0.39, 0.29) is 5.82 Å². The molecule has 0 saturated heterocycles. The first-order chi connectivity index (χ1) is 9.56. The Morgan fingerprint density at radius 3 is 2.35 bits per heavy atom. The van der Waals surface area contributed by atoms with Crippen LogP contribution in [0.4, 0.5) is 16.3 Å². The molecular weight excluding hydrogens is 256 g/mol. The molecule has 0 fully saturated rings. The lowest BCUT2D eigenvalue weighted by Gasteiger charge is -2.14. The van der Waals surface area contributed by atoms with Crippen molar-refractivity contribution in [3.63, 3.8) is 0 Å². The van der Waals surface area contributed by atoms with Crippen LogP contribution in [0.3, 0.4) is 0 Å². The van der Waals surface area contributed by atoms with E-state index in [1.54, 1.807) is 0 Å². The number of carbonyl (C=O) groups excluding carboxylic acids is 1. The van der Waals surface area contributed by atoms with Gasteiger partial charge in [0.1, 0.15) is 5.82 Å². The second-order valence-corrected chi connectivity index (χ2v) is 4.47. The van der Waals surface area contributed by atoms with Gasteiger partial charge in [0.15, 0.2) is 0 Å². The molecule has 20 heavy (non-hydrogen) atoms. The van der Waals surface area contributed by atoms with Gasteiger partial charge in [-0.15, -0.1) is 0 Å². The molecule has 1 aromatic heterocycles. The number of anilines is 2. The Hall–Kier alpha value is -2.50. The topological polar surface area (TPSA) is 92.9 Å². The van der Waals surface area contributed by atoms with E-state index in [1.165, 1.54) is 6.07 Å². The largest absolute Gasteiger partial charge is 0.384 e. The molecule has 0 aliphatic rings. The van der Waals surface area contributed by atoms with E-state index >= 15 is 0 Å². The van der Waals surface area contributed by atoms with Gasteiger partial charge in [-0.05, 0) is 24.0 Å². The van der Waals surface area contributed by atoms with Gasteiger partial charge in [-0.1, -0.05) is 32.0 Å². The van der Waals surface area contributed by atoms with Crippen LogP contribution in [-0.4, -0.2) is 15.8 Å². The summed E-state index contributed by atoms with van der Waals surface area (Å²) in [5.74, 6) is 0.157. The zero-order valence-electron chi connectivity index (χ0n) is 11.6. The molecule has 2 aromatic rings. The summed E-state index contributed by atoms with van der Waals surface area (Å²) < 4.78 is 0.862. The maximum atomic E-state index is 12.1. The van der Waals surface area contributed by atoms with E-state index in [2.05, 4.69) is 10.4 Å². The third kappa shape index (κ3) is 2.59. The SMILES string of the molecule is CCc1cccc(CC)c1NC(=O)n1[nH]c(N)cc1=O. The average Bonchev–Trinajstić information content (AvgIpc) is 2.78. The van der Waals surface area contributed by atoms with Crippen molar-refractivity contribution in [3.05, 3.63) is 45.7 Å². The fourth-order valence-electron chi connectivity index (χ4n) is 2.13. The molecule has 0 radical (unpaired) electrons. The summed E-state index contributed by atoms with van der Waals surface area (Å²) in [4.78, 5) is 23.7. The lowest BCUT2D eigenvalue weighted by Crippen LogP contribution is -2.30. The number of H-pyrrole nitrogens is 1. The highest BCUT2D eigenvalue weighted by Gasteiger charge is 2.13. The number of aromatic nitrogens is 2. The number of carbonyl (C=O) groups is 1. The molecule has 0 aliphatic heterocycles. The first-order valence-corrected chi connectivity index (χ1v) is 6.56. The number of nitrogens with one attached hydrogen (secondary N) is 2. The monoisotopic (exact) mass is 274 g/mol. The predicted octanol–water partition coefficient (Wildman–Crippen LogP) is 1.96. The Labute approximate surface area is 116 Å². The van der Waals surface area contributed by atoms with Gasteiger partial charge in [0.05, 0.1) is 0 Å². The van der Waals surface area contributed by atoms with E-state index < -0.39 is 11.6 Å². The maximum Gasteiger partial charge on any atom is 0.348 e. The zero-order valence-corrected chi connectivity index (χ0v) is 11.6. The molecule has 1 heterocycles. The Kier molecular flexibility index (Phi) is 3.93. The molecule has 2 rings (SSSR count). The number of nitrogen functional groups attached to an aromatic ring is 1. The molecule has 106 valence electrons. The summed E-state index contributed by atoms with van der Waals surface area (Å²) in [6, 6.07) is 6.52. The quantitative estimate of drug-likeness (QED) is 0.798. The van der Waals surface area contributed by atoms with Crippen molar-refractivity contribution < 1.29 is 4.79 Å². The minimum absolute atomic E-state index is 0.157. The molecule has 6 heteroatoms. The molecule has 4 N–H and O–H groups in total. The molecule has 0 saturated carbocycles. The van der Waals surface area contributed by atoms with Gasteiger partial charge in [0, 0.05) is 11.8 Å². The first kappa shape index (κ1) is 13.9. The van der Waals surface area contributed by atoms with Crippen molar-refractivity contribution >= 4 is 17.5 Å². The van der Waals surface area contributed by atoms with Crippen molar-refractivity contribution in [2.24, 2.45) is 0 Å². The smallest absolute Gasteiger partial charge is 0.348 e. The standard InChI is InChI=1S/C14H18N4O2/c1-3-9-6-5-7-10(4-2)13(9)16-14(20)18-12(19)8-11(15)17-18/h5-8,17H,3-4,15H2,1-2H3,(H,16,20). The van der Waals surface area contributed by atoms with Crippen LogP contribution in [0.1, 0.15) is 25.0 Å². The van der Waals surface area contributed by atoms with Crippen molar-refractivity contribution in [1.82, 2.24) is 9.78 Å². The van der Waals surface area contributed by atoms with Crippen molar-refractivity contribution in [2.75, 3.05) is 11.1 Å². The molecule has 0 unspecified atom stereocenters. The molecule has 0 atom stereocenters. The summed E-state index contributed by atoms with van der Waals surface area (Å²) in [5.41, 5.74) is 7.82. The highest BCUT2D eigenvalue weighted by molar-refractivity contribution is 5.92. The summed E-state index contributed by atoms with van der Waals surface area (Å²) in [6.45, 7) is 4.03. The van der Waals surface area contributed by atoms with Crippen LogP contribution in [0.5, 0.6) is 0 Å². The van der Waals surface area contributed by atoms with Crippen LogP contribution < -0.4 is 16.6 Å². The van der Waals surface area contributed by atoms with Crippen molar-refractivity contribution in [1.29, 1.82) is 0 Å². The van der Waals surface area contributed by atoms with Crippen LogP contribution in [0.25, 0.3) is 0 Å². The third-order valence-corrected chi connectivity index (χ3v) is 3.17. The number of rotatable bonds is 3. The number of amides is 1. The lowest BCUT2D eigenvalue weighted by molar-refractivity contribution is 0.250. The second-order valence-electron chi connectivity index (χ2n) is 4.47. The fraction of sp³-hybridized carbons (Fsp3) is 0.286. The Morgan fingerprint density at radius 1 is 1.30 bits per heavy atom. The number of aryl methyl sites for hydroxylation is 2. The van der Waals surface area contributed by atoms with Gasteiger partial charge in [0.25, 0.3) is 5.56 Å². The summed E-state index contributed by atoms with van der Waals surface area (Å²) in [6.07, 6.45) is 1.59. The van der Waals surface area contributed by atoms with E-state index in [1.807, 2.05) is 32.0 Å². The number of nitrogens with two attached hydrogens (primary N) is 1. The lowest BCUT2D eigenvalue weighted by atomic mass is 10.0. The third-order valence-electron chi connectivity index (χ3n) is 3.17. The maximum absolute atomic E-state index is 12.1. The van der Waals surface area contributed by atoms with E-state index in [9.17, 15) is 9.59 Å². The van der Waals surface area contributed by atoms with E-state index in [0.717, 1.165) is 34.3 Å². The molecule has 0 spiro atoms. The van der Waals surface area contributed by atoms with Crippen LogP contribution in [0.15, 0.2) is 29.1 Å².